The number of aliphatic hydroxyl groups excluding tert-OH is 1. The molecule has 4 aromatic rings. The molecule has 12 heteroatoms. The number of pyridine rings is 1. The maximum Gasteiger partial charge on any atom is 0.260 e. The third kappa shape index (κ3) is 5.14. The molecule has 3 N–H and O–H groups in total. The third-order valence-corrected chi connectivity index (χ3v) is 6.45. The summed E-state index contributed by atoms with van der Waals surface area (Å²) in [7, 11) is 3.71. The Morgan fingerprint density at radius 2 is 1.97 bits per heavy atom. The lowest BCUT2D eigenvalue weighted by Gasteiger charge is -2.15. The van der Waals surface area contributed by atoms with Gasteiger partial charge in [0.2, 0.25) is 0 Å². The summed E-state index contributed by atoms with van der Waals surface area (Å²) >= 11 is 1.45. The van der Waals surface area contributed by atoms with E-state index in [4.69, 9.17) is 5.11 Å². The average Bonchev–Trinajstić information content (AvgIpc) is 3.50. The molecule has 0 saturated heterocycles. The second kappa shape index (κ2) is 10.1. The van der Waals surface area contributed by atoms with E-state index in [0.29, 0.717) is 47.0 Å². The number of fused-ring (bicyclic) bond motifs is 1. The van der Waals surface area contributed by atoms with Crippen molar-refractivity contribution in [2.45, 2.75) is 6.92 Å². The number of hydrogen-bond donors (Lipinski definition) is 3. The topological polar surface area (TPSA) is 130 Å². The Morgan fingerprint density at radius 3 is 2.71 bits per heavy atom. The van der Waals surface area contributed by atoms with Crippen LogP contribution in [-0.2, 0) is 7.05 Å². The van der Waals surface area contributed by atoms with E-state index >= 15 is 0 Å². The van der Waals surface area contributed by atoms with Crippen molar-refractivity contribution in [1.82, 2.24) is 34.6 Å². The van der Waals surface area contributed by atoms with Gasteiger partial charge in [0.1, 0.15) is 4.83 Å². The maximum atomic E-state index is 13.1. The molecule has 2 amide bonds. The summed E-state index contributed by atoms with van der Waals surface area (Å²) in [5, 5.41) is 23.1. The van der Waals surface area contributed by atoms with Crippen LogP contribution in [0.2, 0.25) is 0 Å². The Morgan fingerprint density at radius 1 is 1.15 bits per heavy atom. The van der Waals surface area contributed by atoms with Gasteiger partial charge in [-0.15, -0.1) is 11.3 Å². The number of aryl methyl sites for hydroxylation is 2. The summed E-state index contributed by atoms with van der Waals surface area (Å²) in [5.74, 6) is -0.615. The number of nitrogens with one attached hydrogen (secondary N) is 2. The van der Waals surface area contributed by atoms with Gasteiger partial charge in [-0.3, -0.25) is 19.3 Å². The molecule has 0 bridgehead atoms. The lowest BCUT2D eigenvalue weighted by atomic mass is 10.2. The molecular formula is C22H26N8O3S. The summed E-state index contributed by atoms with van der Waals surface area (Å²) in [6.45, 7) is 3.40. The van der Waals surface area contributed by atoms with Crippen LogP contribution in [0.25, 0.3) is 15.3 Å². The van der Waals surface area contributed by atoms with Crippen LogP contribution < -0.4 is 10.6 Å². The first-order valence-corrected chi connectivity index (χ1v) is 11.5. The van der Waals surface area contributed by atoms with Crippen molar-refractivity contribution in [3.05, 3.63) is 53.9 Å². The number of aliphatic hydroxyl groups is 1. The number of amides is 2. The SMILES string of the molecule is Cc1ncc(C(=O)NCCN(C)CCO)cc1NC(=O)c1cnn2cc(-c3cnn(C)c3)sc12. The number of thiazole rings is 1. The van der Waals surface area contributed by atoms with Crippen LogP contribution in [0, 0.1) is 6.92 Å². The molecule has 4 heterocycles. The summed E-state index contributed by atoms with van der Waals surface area (Å²) in [5.41, 5.74) is 2.78. The first-order valence-electron chi connectivity index (χ1n) is 10.7. The molecule has 0 aliphatic rings. The van der Waals surface area contributed by atoms with Gasteiger partial charge in [0.15, 0.2) is 0 Å². The normalized spacial score (nSPS) is 11.3. The van der Waals surface area contributed by atoms with E-state index in [2.05, 4.69) is 25.8 Å². The quantitative estimate of drug-likeness (QED) is 0.329. The Labute approximate surface area is 200 Å². The molecule has 0 aromatic carbocycles. The number of anilines is 1. The highest BCUT2D eigenvalue weighted by atomic mass is 32.1. The maximum absolute atomic E-state index is 13.1. The first-order chi connectivity index (χ1) is 16.4. The minimum Gasteiger partial charge on any atom is -0.395 e. The number of likely N-dealkylation sites (N-methyl/N-ethyl adjacent to an activating group) is 1. The number of aromatic nitrogens is 5. The molecule has 11 nitrogen and oxygen atoms in total. The molecule has 0 fully saturated rings. The molecule has 0 aliphatic heterocycles. The number of nitrogens with zero attached hydrogens (tertiary/aromatic N) is 6. The van der Waals surface area contributed by atoms with E-state index < -0.39 is 0 Å². The van der Waals surface area contributed by atoms with E-state index in [-0.39, 0.29) is 18.4 Å². The van der Waals surface area contributed by atoms with Crippen LogP contribution in [0.5, 0.6) is 0 Å². The van der Waals surface area contributed by atoms with E-state index in [9.17, 15) is 9.59 Å². The van der Waals surface area contributed by atoms with Crippen molar-refractivity contribution in [3.8, 4) is 10.4 Å². The molecule has 0 spiro atoms. The van der Waals surface area contributed by atoms with Crippen molar-refractivity contribution in [3.63, 3.8) is 0 Å². The summed E-state index contributed by atoms with van der Waals surface area (Å²) in [4.78, 5) is 33.4. The van der Waals surface area contributed by atoms with Crippen molar-refractivity contribution in [2.75, 3.05) is 38.6 Å². The van der Waals surface area contributed by atoms with Gasteiger partial charge < -0.3 is 20.6 Å². The van der Waals surface area contributed by atoms with Crippen LogP contribution in [0.15, 0.2) is 37.1 Å². The molecular weight excluding hydrogens is 456 g/mol. The van der Waals surface area contributed by atoms with Crippen LogP contribution in [-0.4, -0.2) is 79.5 Å². The summed E-state index contributed by atoms with van der Waals surface area (Å²) in [6, 6.07) is 1.61. The minimum absolute atomic E-state index is 0.0648. The fourth-order valence-electron chi connectivity index (χ4n) is 3.34. The number of hydrogen-bond acceptors (Lipinski definition) is 8. The molecule has 34 heavy (non-hydrogen) atoms. The Balaban J connectivity index is 1.47. The lowest BCUT2D eigenvalue weighted by molar-refractivity contribution is 0.0947. The Bertz CT molecular complexity index is 1320. The molecule has 4 aromatic heterocycles. The van der Waals surface area contributed by atoms with E-state index in [1.165, 1.54) is 23.7 Å². The van der Waals surface area contributed by atoms with Gasteiger partial charge >= 0.3 is 0 Å². The smallest absolute Gasteiger partial charge is 0.260 e. The third-order valence-electron chi connectivity index (χ3n) is 5.29. The zero-order valence-electron chi connectivity index (χ0n) is 19.1. The van der Waals surface area contributed by atoms with Gasteiger partial charge in [0.05, 0.1) is 46.4 Å². The van der Waals surface area contributed by atoms with Gasteiger partial charge in [-0.2, -0.15) is 10.2 Å². The van der Waals surface area contributed by atoms with Crippen molar-refractivity contribution < 1.29 is 14.7 Å². The van der Waals surface area contributed by atoms with Crippen LogP contribution in [0.4, 0.5) is 5.69 Å². The second-order valence-corrected chi connectivity index (χ2v) is 8.93. The van der Waals surface area contributed by atoms with Crippen LogP contribution in [0.1, 0.15) is 26.4 Å². The Kier molecular flexibility index (Phi) is 7.01. The zero-order chi connectivity index (χ0) is 24.2. The van der Waals surface area contributed by atoms with Crippen LogP contribution >= 0.6 is 11.3 Å². The van der Waals surface area contributed by atoms with Gasteiger partial charge in [-0.25, -0.2) is 4.52 Å². The molecule has 0 radical (unpaired) electrons. The minimum atomic E-state index is -0.331. The monoisotopic (exact) mass is 482 g/mol. The number of rotatable bonds is 9. The van der Waals surface area contributed by atoms with Crippen molar-refractivity contribution in [1.29, 1.82) is 0 Å². The first kappa shape index (κ1) is 23.5. The van der Waals surface area contributed by atoms with Crippen molar-refractivity contribution >= 4 is 33.7 Å². The largest absolute Gasteiger partial charge is 0.395 e. The average molecular weight is 483 g/mol. The lowest BCUT2D eigenvalue weighted by Crippen LogP contribution is -2.34. The van der Waals surface area contributed by atoms with Crippen LogP contribution in [0.3, 0.4) is 0 Å². The molecule has 0 aliphatic carbocycles. The summed E-state index contributed by atoms with van der Waals surface area (Å²) in [6.07, 6.45) is 8.54. The molecule has 0 atom stereocenters. The van der Waals surface area contributed by atoms with E-state index in [1.54, 1.807) is 28.4 Å². The molecule has 4 rings (SSSR count). The predicted octanol–water partition coefficient (Wildman–Crippen LogP) is 1.41. The van der Waals surface area contributed by atoms with Gasteiger partial charge in [-0.05, 0) is 20.0 Å². The molecule has 0 unspecified atom stereocenters. The van der Waals surface area contributed by atoms with Gasteiger partial charge in [0, 0.05) is 50.8 Å². The summed E-state index contributed by atoms with van der Waals surface area (Å²) < 4.78 is 3.39. The van der Waals surface area contributed by atoms with Gasteiger partial charge in [0.25, 0.3) is 11.8 Å². The second-order valence-electron chi connectivity index (χ2n) is 7.90. The fourth-order valence-corrected chi connectivity index (χ4v) is 4.38. The van der Waals surface area contributed by atoms with Gasteiger partial charge in [-0.1, -0.05) is 0 Å². The number of carbonyl (C=O) groups is 2. The Hall–Kier alpha value is -3.61. The fraction of sp³-hybridized carbons (Fsp3) is 0.318. The highest BCUT2D eigenvalue weighted by molar-refractivity contribution is 7.21. The molecule has 178 valence electrons. The number of carbonyl (C=O) groups excluding carboxylic acids is 2. The van der Waals surface area contributed by atoms with E-state index in [0.717, 1.165) is 10.4 Å². The van der Waals surface area contributed by atoms with E-state index in [1.807, 2.05) is 31.4 Å². The molecule has 0 saturated carbocycles. The highest BCUT2D eigenvalue weighted by Gasteiger charge is 2.18. The van der Waals surface area contributed by atoms with Crippen molar-refractivity contribution in [2.24, 2.45) is 7.05 Å². The predicted molar refractivity (Wildman–Crippen MR) is 129 cm³/mol. The zero-order valence-corrected chi connectivity index (χ0v) is 20.0. The standard InChI is InChI=1S/C22H26N8O3S/c1-14-18(8-15(9-24-14)20(32)23-4-5-28(2)6-7-31)27-21(33)17-11-26-30-13-19(34-22(17)30)16-10-25-29(3)12-16/h8-13,31H,4-7H2,1-3H3,(H,23,32)(H,27,33). The highest BCUT2D eigenvalue weighted by Crippen LogP contribution is 2.30.